The zero-order valence-electron chi connectivity index (χ0n) is 10.2. The molecule has 5 heteroatoms. The van der Waals surface area contributed by atoms with E-state index < -0.39 is 17.3 Å². The Morgan fingerprint density at radius 1 is 1.39 bits per heavy atom. The number of nitrogens with zero attached hydrogens (tertiary/aromatic N) is 1. The van der Waals surface area contributed by atoms with Gasteiger partial charge in [-0.2, -0.15) is 13.2 Å². The van der Waals surface area contributed by atoms with E-state index in [1.54, 1.807) is 13.0 Å². The number of hydrogen-bond donors (Lipinski definition) is 1. The number of halogens is 3. The highest BCUT2D eigenvalue weighted by molar-refractivity contribution is 5.25. The Balaban J connectivity index is 2.07. The SMILES string of the molecule is CC1(O)CCN(Cc2cccc(C(F)(F)F)c2)C1. The molecule has 0 aromatic heterocycles. The summed E-state index contributed by atoms with van der Waals surface area (Å²) >= 11 is 0. The van der Waals surface area contributed by atoms with Crippen LogP contribution in [0.25, 0.3) is 0 Å². The average molecular weight is 259 g/mol. The van der Waals surface area contributed by atoms with Gasteiger partial charge in [-0.15, -0.1) is 0 Å². The molecule has 0 amide bonds. The largest absolute Gasteiger partial charge is 0.416 e. The van der Waals surface area contributed by atoms with Crippen molar-refractivity contribution in [2.45, 2.75) is 31.7 Å². The van der Waals surface area contributed by atoms with E-state index in [4.69, 9.17) is 0 Å². The molecule has 1 heterocycles. The molecule has 18 heavy (non-hydrogen) atoms. The summed E-state index contributed by atoms with van der Waals surface area (Å²) in [5.74, 6) is 0. The Kier molecular flexibility index (Phi) is 3.38. The Morgan fingerprint density at radius 2 is 2.11 bits per heavy atom. The van der Waals surface area contributed by atoms with Gasteiger partial charge in [0.05, 0.1) is 11.2 Å². The van der Waals surface area contributed by atoms with Crippen molar-refractivity contribution < 1.29 is 18.3 Å². The average Bonchev–Trinajstić information content (AvgIpc) is 2.57. The van der Waals surface area contributed by atoms with Crippen molar-refractivity contribution in [2.75, 3.05) is 13.1 Å². The maximum atomic E-state index is 12.6. The Morgan fingerprint density at radius 3 is 2.67 bits per heavy atom. The van der Waals surface area contributed by atoms with Crippen LogP contribution in [0.4, 0.5) is 13.2 Å². The lowest BCUT2D eigenvalue weighted by Gasteiger charge is -2.19. The topological polar surface area (TPSA) is 23.5 Å². The highest BCUT2D eigenvalue weighted by atomic mass is 19.4. The van der Waals surface area contributed by atoms with Gasteiger partial charge in [0.1, 0.15) is 0 Å². The lowest BCUT2D eigenvalue weighted by molar-refractivity contribution is -0.137. The predicted molar refractivity (Wildman–Crippen MR) is 62.0 cm³/mol. The second-order valence-electron chi connectivity index (χ2n) is 5.16. The smallest absolute Gasteiger partial charge is 0.389 e. The molecule has 2 rings (SSSR count). The third kappa shape index (κ3) is 3.23. The first-order valence-corrected chi connectivity index (χ1v) is 5.87. The second kappa shape index (κ2) is 4.55. The Bertz CT molecular complexity index is 428. The molecule has 1 aromatic carbocycles. The number of alkyl halides is 3. The molecule has 1 aromatic rings. The van der Waals surface area contributed by atoms with Crippen molar-refractivity contribution in [3.05, 3.63) is 35.4 Å². The van der Waals surface area contributed by atoms with Gasteiger partial charge < -0.3 is 5.11 Å². The van der Waals surface area contributed by atoms with Gasteiger partial charge in [0, 0.05) is 19.6 Å². The first-order chi connectivity index (χ1) is 8.26. The zero-order valence-corrected chi connectivity index (χ0v) is 10.2. The van der Waals surface area contributed by atoms with Gasteiger partial charge in [-0.05, 0) is 25.0 Å². The molecule has 1 N–H and O–H groups in total. The Labute approximate surface area is 104 Å². The number of aliphatic hydroxyl groups is 1. The van der Waals surface area contributed by atoms with Crippen LogP contribution in [-0.4, -0.2) is 28.7 Å². The van der Waals surface area contributed by atoms with Crippen molar-refractivity contribution in [3.63, 3.8) is 0 Å². The van der Waals surface area contributed by atoms with E-state index in [0.717, 1.165) is 6.07 Å². The van der Waals surface area contributed by atoms with Gasteiger partial charge in [-0.1, -0.05) is 18.2 Å². The van der Waals surface area contributed by atoms with Crippen molar-refractivity contribution in [1.29, 1.82) is 0 Å². The highest BCUT2D eigenvalue weighted by Crippen LogP contribution is 2.30. The molecule has 1 atom stereocenters. The molecule has 100 valence electrons. The quantitative estimate of drug-likeness (QED) is 0.882. The van der Waals surface area contributed by atoms with Crippen LogP contribution in [0.15, 0.2) is 24.3 Å². The molecular formula is C13H16F3NO. The van der Waals surface area contributed by atoms with Gasteiger partial charge >= 0.3 is 6.18 Å². The minimum absolute atomic E-state index is 0.445. The summed E-state index contributed by atoms with van der Waals surface area (Å²) in [6, 6.07) is 5.35. The van der Waals surface area contributed by atoms with E-state index in [2.05, 4.69) is 0 Å². The third-order valence-electron chi connectivity index (χ3n) is 3.19. The second-order valence-corrected chi connectivity index (χ2v) is 5.16. The fourth-order valence-corrected chi connectivity index (χ4v) is 2.28. The number of rotatable bonds is 2. The van der Waals surface area contributed by atoms with E-state index in [1.165, 1.54) is 12.1 Å². The van der Waals surface area contributed by atoms with Gasteiger partial charge in [0.2, 0.25) is 0 Å². The molecule has 1 unspecified atom stereocenters. The maximum absolute atomic E-state index is 12.6. The summed E-state index contributed by atoms with van der Waals surface area (Å²) in [4.78, 5) is 1.97. The summed E-state index contributed by atoms with van der Waals surface area (Å²) in [6.07, 6.45) is -3.64. The minimum atomic E-state index is -4.30. The van der Waals surface area contributed by atoms with Gasteiger partial charge in [0.25, 0.3) is 0 Å². The standard InChI is InChI=1S/C13H16F3NO/c1-12(18)5-6-17(9-12)8-10-3-2-4-11(7-10)13(14,15)16/h2-4,7,18H,5-6,8-9H2,1H3. The van der Waals surface area contributed by atoms with Crippen molar-refractivity contribution in [3.8, 4) is 0 Å². The molecule has 1 fully saturated rings. The molecule has 0 saturated carbocycles. The van der Waals surface area contributed by atoms with Crippen LogP contribution < -0.4 is 0 Å². The first kappa shape index (κ1) is 13.4. The number of benzene rings is 1. The zero-order chi connectivity index (χ0) is 13.4. The summed E-state index contributed by atoms with van der Waals surface area (Å²) in [5.41, 5.74) is -0.713. The van der Waals surface area contributed by atoms with E-state index in [0.29, 0.717) is 31.6 Å². The first-order valence-electron chi connectivity index (χ1n) is 5.87. The van der Waals surface area contributed by atoms with E-state index in [-0.39, 0.29) is 0 Å². The van der Waals surface area contributed by atoms with Crippen LogP contribution in [0.1, 0.15) is 24.5 Å². The summed E-state index contributed by atoms with van der Waals surface area (Å²) < 4.78 is 37.7. The Hall–Kier alpha value is -1.07. The van der Waals surface area contributed by atoms with Gasteiger partial charge in [-0.25, -0.2) is 0 Å². The molecule has 0 radical (unpaired) electrons. The maximum Gasteiger partial charge on any atom is 0.416 e. The van der Waals surface area contributed by atoms with Gasteiger partial charge in [0.15, 0.2) is 0 Å². The molecular weight excluding hydrogens is 243 g/mol. The number of likely N-dealkylation sites (tertiary alicyclic amines) is 1. The summed E-state index contributed by atoms with van der Waals surface area (Å²) in [5, 5.41) is 9.81. The predicted octanol–water partition coefficient (Wildman–Crippen LogP) is 2.66. The minimum Gasteiger partial charge on any atom is -0.389 e. The third-order valence-corrected chi connectivity index (χ3v) is 3.19. The van der Waals surface area contributed by atoms with E-state index >= 15 is 0 Å². The van der Waals surface area contributed by atoms with Crippen LogP contribution in [0.5, 0.6) is 0 Å². The molecule has 1 aliphatic rings. The van der Waals surface area contributed by atoms with E-state index in [1.807, 2.05) is 4.90 Å². The van der Waals surface area contributed by atoms with Crippen molar-refractivity contribution in [1.82, 2.24) is 4.90 Å². The summed E-state index contributed by atoms with van der Waals surface area (Å²) in [6.45, 7) is 3.41. The lowest BCUT2D eigenvalue weighted by atomic mass is 10.1. The van der Waals surface area contributed by atoms with Crippen LogP contribution in [0, 0.1) is 0 Å². The molecule has 2 nitrogen and oxygen atoms in total. The monoisotopic (exact) mass is 259 g/mol. The highest BCUT2D eigenvalue weighted by Gasteiger charge is 2.32. The van der Waals surface area contributed by atoms with Crippen LogP contribution in [-0.2, 0) is 12.7 Å². The molecule has 0 aliphatic carbocycles. The van der Waals surface area contributed by atoms with Gasteiger partial charge in [-0.3, -0.25) is 4.90 Å². The lowest BCUT2D eigenvalue weighted by Crippen LogP contribution is -2.29. The fraction of sp³-hybridized carbons (Fsp3) is 0.538. The van der Waals surface area contributed by atoms with Crippen molar-refractivity contribution in [2.24, 2.45) is 0 Å². The number of hydrogen-bond acceptors (Lipinski definition) is 2. The van der Waals surface area contributed by atoms with Crippen LogP contribution >= 0.6 is 0 Å². The van der Waals surface area contributed by atoms with E-state index in [9.17, 15) is 18.3 Å². The van der Waals surface area contributed by atoms with Crippen LogP contribution in [0.3, 0.4) is 0 Å². The summed E-state index contributed by atoms with van der Waals surface area (Å²) in [7, 11) is 0. The molecule has 0 bridgehead atoms. The number of β-amino-alcohol motifs (C(OH)–C–C–N with tert-alkyl or cyclic N) is 1. The van der Waals surface area contributed by atoms with Crippen LogP contribution in [0.2, 0.25) is 0 Å². The molecule has 1 saturated heterocycles. The van der Waals surface area contributed by atoms with Crippen molar-refractivity contribution >= 4 is 0 Å². The fourth-order valence-electron chi connectivity index (χ4n) is 2.28. The molecule has 0 spiro atoms. The molecule has 1 aliphatic heterocycles. The normalized spacial score (nSPS) is 25.6.